The highest BCUT2D eigenvalue weighted by Crippen LogP contribution is 2.55. The second-order valence-corrected chi connectivity index (χ2v) is 7.45. The van der Waals surface area contributed by atoms with Crippen LogP contribution < -0.4 is 4.74 Å². The van der Waals surface area contributed by atoms with Gasteiger partial charge in [0, 0.05) is 38.0 Å². The predicted octanol–water partition coefficient (Wildman–Crippen LogP) is 3.80. The molecule has 1 aromatic carbocycles. The van der Waals surface area contributed by atoms with E-state index in [2.05, 4.69) is 25.0 Å². The Kier molecular flexibility index (Phi) is 4.85. The van der Waals surface area contributed by atoms with Crippen molar-refractivity contribution in [3.8, 4) is 17.4 Å². The van der Waals surface area contributed by atoms with Crippen molar-refractivity contribution >= 4 is 0 Å². The Hall–Kier alpha value is -3.75. The third-order valence-electron chi connectivity index (χ3n) is 5.25. The molecule has 1 saturated carbocycles. The summed E-state index contributed by atoms with van der Waals surface area (Å²) in [6, 6.07) is 6.29. The summed E-state index contributed by atoms with van der Waals surface area (Å²) >= 11 is 0. The number of ether oxygens (including phenoxy) is 1. The Labute approximate surface area is 176 Å². The Balaban J connectivity index is 1.31. The molecule has 1 aliphatic rings. The van der Waals surface area contributed by atoms with E-state index in [0.717, 1.165) is 12.0 Å². The molecule has 1 aliphatic carbocycles. The van der Waals surface area contributed by atoms with Gasteiger partial charge in [0.2, 0.25) is 5.82 Å². The molecule has 0 N–H and O–H groups in total. The summed E-state index contributed by atoms with van der Waals surface area (Å²) < 4.78 is 35.6. The first kappa shape index (κ1) is 19.2. The molecule has 156 valence electrons. The Bertz CT molecular complexity index is 1210. The van der Waals surface area contributed by atoms with Crippen LogP contribution in [0.5, 0.6) is 5.75 Å². The van der Waals surface area contributed by atoms with Crippen molar-refractivity contribution < 1.29 is 13.5 Å². The average Bonchev–Trinajstić information content (AvgIpc) is 3.49. The summed E-state index contributed by atoms with van der Waals surface area (Å²) in [7, 11) is 1.78. The second kappa shape index (κ2) is 7.82. The number of hydrogen-bond acceptors (Lipinski definition) is 6. The minimum absolute atomic E-state index is 0.0507. The summed E-state index contributed by atoms with van der Waals surface area (Å²) in [4.78, 5) is 17.0. The van der Waals surface area contributed by atoms with Crippen LogP contribution in [0, 0.1) is 11.6 Å². The fourth-order valence-corrected chi connectivity index (χ4v) is 3.59. The molecule has 3 heterocycles. The van der Waals surface area contributed by atoms with Crippen molar-refractivity contribution in [3.05, 3.63) is 83.7 Å². The largest absolute Gasteiger partial charge is 0.484 e. The predicted molar refractivity (Wildman–Crippen MR) is 107 cm³/mol. The van der Waals surface area contributed by atoms with Crippen LogP contribution in [-0.4, -0.2) is 29.7 Å². The topological polar surface area (TPSA) is 78.6 Å². The SMILES string of the molecule is Cn1ccc(COc2cc(C3CC3c3cnc(-c4ncccn4)nc3)cc(F)c2F)n1. The Morgan fingerprint density at radius 1 is 1.00 bits per heavy atom. The number of halogens is 2. The number of rotatable bonds is 6. The van der Waals surface area contributed by atoms with E-state index in [1.54, 1.807) is 60.9 Å². The lowest BCUT2D eigenvalue weighted by Gasteiger charge is -2.09. The van der Waals surface area contributed by atoms with Crippen molar-refractivity contribution in [2.24, 2.45) is 7.05 Å². The van der Waals surface area contributed by atoms with Crippen LogP contribution in [0.25, 0.3) is 11.6 Å². The van der Waals surface area contributed by atoms with Gasteiger partial charge in [-0.2, -0.15) is 9.49 Å². The Morgan fingerprint density at radius 2 is 1.71 bits per heavy atom. The first-order chi connectivity index (χ1) is 15.1. The van der Waals surface area contributed by atoms with Crippen LogP contribution in [0.3, 0.4) is 0 Å². The number of aromatic nitrogens is 6. The quantitative estimate of drug-likeness (QED) is 0.472. The molecular weight excluding hydrogens is 402 g/mol. The molecule has 2 atom stereocenters. The second-order valence-electron chi connectivity index (χ2n) is 7.45. The standard InChI is InChI=1S/C22H18F2N6O/c1-30-6-3-15(29-30)12-31-19-8-13(7-18(23)20(19)24)16-9-17(16)14-10-27-22(28-11-14)21-25-4-2-5-26-21/h2-8,10-11,16-17H,9,12H2,1H3. The summed E-state index contributed by atoms with van der Waals surface area (Å²) in [5.41, 5.74) is 2.26. The van der Waals surface area contributed by atoms with Crippen molar-refractivity contribution in [2.45, 2.75) is 24.9 Å². The molecule has 7 nitrogen and oxygen atoms in total. The molecule has 31 heavy (non-hydrogen) atoms. The van der Waals surface area contributed by atoms with Gasteiger partial charge >= 0.3 is 0 Å². The maximum atomic E-state index is 14.2. The number of benzene rings is 1. The summed E-state index contributed by atoms with van der Waals surface area (Å²) in [6.07, 6.45) is 9.30. The molecule has 9 heteroatoms. The maximum absolute atomic E-state index is 14.2. The van der Waals surface area contributed by atoms with Crippen LogP contribution in [0.15, 0.2) is 55.2 Å². The summed E-state index contributed by atoms with van der Waals surface area (Å²) in [5.74, 6) is -0.941. The van der Waals surface area contributed by atoms with Gasteiger partial charge in [0.1, 0.15) is 6.61 Å². The van der Waals surface area contributed by atoms with Gasteiger partial charge in [-0.15, -0.1) is 0 Å². The highest BCUT2D eigenvalue weighted by atomic mass is 19.2. The third-order valence-corrected chi connectivity index (χ3v) is 5.25. The lowest BCUT2D eigenvalue weighted by Crippen LogP contribution is -2.02. The lowest BCUT2D eigenvalue weighted by molar-refractivity contribution is 0.279. The molecule has 4 aromatic rings. The van der Waals surface area contributed by atoms with Crippen molar-refractivity contribution in [3.63, 3.8) is 0 Å². The van der Waals surface area contributed by atoms with E-state index >= 15 is 0 Å². The van der Waals surface area contributed by atoms with E-state index in [1.807, 2.05) is 0 Å². The van der Waals surface area contributed by atoms with Crippen LogP contribution in [0.1, 0.15) is 35.1 Å². The zero-order valence-electron chi connectivity index (χ0n) is 16.6. The van der Waals surface area contributed by atoms with Gasteiger partial charge in [0.15, 0.2) is 23.2 Å². The van der Waals surface area contributed by atoms with Crippen LogP contribution in [-0.2, 0) is 13.7 Å². The van der Waals surface area contributed by atoms with Gasteiger partial charge in [-0.05, 0) is 53.6 Å². The van der Waals surface area contributed by atoms with E-state index < -0.39 is 11.6 Å². The summed E-state index contributed by atoms with van der Waals surface area (Å²) in [6.45, 7) is 0.0611. The van der Waals surface area contributed by atoms with Crippen molar-refractivity contribution in [1.29, 1.82) is 0 Å². The van der Waals surface area contributed by atoms with Crippen LogP contribution >= 0.6 is 0 Å². The maximum Gasteiger partial charge on any atom is 0.200 e. The fraction of sp³-hybridized carbons (Fsp3) is 0.227. The molecule has 0 bridgehead atoms. The molecule has 3 aromatic heterocycles. The smallest absolute Gasteiger partial charge is 0.200 e. The third kappa shape index (κ3) is 3.98. The van der Waals surface area contributed by atoms with Gasteiger partial charge in [-0.25, -0.2) is 24.3 Å². The number of hydrogen-bond donors (Lipinski definition) is 0. The lowest BCUT2D eigenvalue weighted by atomic mass is 10.1. The average molecular weight is 420 g/mol. The first-order valence-electron chi connectivity index (χ1n) is 9.78. The highest BCUT2D eigenvalue weighted by molar-refractivity contribution is 5.44. The fourth-order valence-electron chi connectivity index (χ4n) is 3.59. The van der Waals surface area contributed by atoms with Crippen molar-refractivity contribution in [2.75, 3.05) is 0 Å². The van der Waals surface area contributed by atoms with Gasteiger partial charge in [0.25, 0.3) is 0 Å². The normalized spacial score (nSPS) is 17.5. The Morgan fingerprint density at radius 3 is 2.42 bits per heavy atom. The highest BCUT2D eigenvalue weighted by Gasteiger charge is 2.41. The molecular formula is C22H18F2N6O. The minimum atomic E-state index is -0.993. The zero-order chi connectivity index (χ0) is 21.4. The molecule has 0 radical (unpaired) electrons. The minimum Gasteiger partial charge on any atom is -0.484 e. The molecule has 5 rings (SSSR count). The number of aryl methyl sites for hydroxylation is 1. The number of nitrogens with zero attached hydrogens (tertiary/aromatic N) is 6. The van der Waals surface area contributed by atoms with E-state index in [1.165, 1.54) is 6.07 Å². The van der Waals surface area contributed by atoms with E-state index in [4.69, 9.17) is 4.74 Å². The summed E-state index contributed by atoms with van der Waals surface area (Å²) in [5, 5.41) is 4.18. The van der Waals surface area contributed by atoms with E-state index in [9.17, 15) is 8.78 Å². The van der Waals surface area contributed by atoms with E-state index in [-0.39, 0.29) is 24.2 Å². The first-order valence-corrected chi connectivity index (χ1v) is 9.78. The molecule has 0 spiro atoms. The van der Waals surface area contributed by atoms with Gasteiger partial charge in [-0.3, -0.25) is 4.68 Å². The van der Waals surface area contributed by atoms with Gasteiger partial charge in [0.05, 0.1) is 5.69 Å². The molecule has 0 aliphatic heterocycles. The van der Waals surface area contributed by atoms with Gasteiger partial charge < -0.3 is 4.74 Å². The molecule has 1 fully saturated rings. The monoisotopic (exact) mass is 420 g/mol. The zero-order valence-corrected chi connectivity index (χ0v) is 16.6. The van der Waals surface area contributed by atoms with Crippen LogP contribution in [0.2, 0.25) is 0 Å². The van der Waals surface area contributed by atoms with Crippen molar-refractivity contribution in [1.82, 2.24) is 29.7 Å². The molecule has 0 amide bonds. The molecule has 2 unspecified atom stereocenters. The van der Waals surface area contributed by atoms with E-state index in [0.29, 0.717) is 22.9 Å². The van der Waals surface area contributed by atoms with Crippen LogP contribution in [0.4, 0.5) is 8.78 Å². The molecule has 0 saturated heterocycles. The van der Waals surface area contributed by atoms with Gasteiger partial charge in [-0.1, -0.05) is 0 Å².